The highest BCUT2D eigenvalue weighted by Crippen LogP contribution is 2.74. The second kappa shape index (κ2) is 8.39. The summed E-state index contributed by atoms with van der Waals surface area (Å²) in [4.78, 5) is 35.3. The molecule has 4 aliphatic carbocycles. The second-order valence-electron chi connectivity index (χ2n) is 11.6. The van der Waals surface area contributed by atoms with Gasteiger partial charge in [0.05, 0.1) is 4.83 Å². The smallest absolute Gasteiger partial charge is 0.302 e. The van der Waals surface area contributed by atoms with Gasteiger partial charge in [0.1, 0.15) is 18.8 Å². The highest BCUT2D eigenvalue weighted by atomic mass is 79.9. The molecule has 4 rings (SSSR count). The van der Waals surface area contributed by atoms with Gasteiger partial charge >= 0.3 is 17.9 Å². The third-order valence-electron chi connectivity index (χ3n) is 9.26. The number of ether oxygens (including phenoxy) is 3. The van der Waals surface area contributed by atoms with E-state index in [-0.39, 0.29) is 57.1 Å². The summed E-state index contributed by atoms with van der Waals surface area (Å²) in [5, 5.41) is 0. The first-order chi connectivity index (χ1) is 15.3. The number of halogens is 1. The maximum Gasteiger partial charge on any atom is 0.302 e. The highest BCUT2D eigenvalue weighted by Gasteiger charge is 2.71. The summed E-state index contributed by atoms with van der Waals surface area (Å²) in [5.41, 5.74) is 1.23. The van der Waals surface area contributed by atoms with E-state index in [0.29, 0.717) is 18.4 Å². The molecule has 0 aromatic carbocycles. The molecule has 6 nitrogen and oxygen atoms in total. The van der Waals surface area contributed by atoms with E-state index in [9.17, 15) is 14.4 Å². The summed E-state index contributed by atoms with van der Waals surface area (Å²) < 4.78 is 17.1. The molecule has 4 aliphatic rings. The maximum atomic E-state index is 12.1. The van der Waals surface area contributed by atoms with Crippen LogP contribution < -0.4 is 0 Å². The molecule has 0 heterocycles. The summed E-state index contributed by atoms with van der Waals surface area (Å²) >= 11 is 3.78. The predicted molar refractivity (Wildman–Crippen MR) is 126 cm³/mol. The quantitative estimate of drug-likeness (QED) is 0.218. The Morgan fingerprint density at radius 3 is 2.24 bits per heavy atom. The first kappa shape index (κ1) is 24.7. The largest absolute Gasteiger partial charge is 0.465 e. The van der Waals surface area contributed by atoms with Crippen molar-refractivity contribution in [2.75, 3.05) is 6.61 Å². The standard InChI is InChI=1S/C26H37BrO6/c1-14(28)31-13-23(27)24(4)8-7-18-17(10-24)20(32-15(2)29)9-22-25(5)11-19(25)21(33-16(3)30)12-26(18,22)6/h7,17,19-23H,8-13H2,1-6H3/t17-,19+,20-,21-,22-,23?,24+,25+,26+/m1/s1. The molecular weight excluding hydrogens is 488 g/mol. The van der Waals surface area contributed by atoms with Gasteiger partial charge in [-0.1, -0.05) is 48.4 Å². The Morgan fingerprint density at radius 2 is 1.64 bits per heavy atom. The molecule has 0 spiro atoms. The molecule has 0 aromatic heterocycles. The van der Waals surface area contributed by atoms with E-state index in [1.54, 1.807) is 0 Å². The van der Waals surface area contributed by atoms with E-state index < -0.39 is 0 Å². The van der Waals surface area contributed by atoms with Crippen LogP contribution in [0.25, 0.3) is 0 Å². The lowest BCUT2D eigenvalue weighted by Crippen LogP contribution is -2.55. The van der Waals surface area contributed by atoms with E-state index in [1.165, 1.54) is 26.3 Å². The van der Waals surface area contributed by atoms with Crippen molar-refractivity contribution in [1.29, 1.82) is 0 Å². The number of fused-ring (bicyclic) bond motifs is 5. The van der Waals surface area contributed by atoms with Crippen molar-refractivity contribution >= 4 is 33.8 Å². The van der Waals surface area contributed by atoms with Crippen LogP contribution in [0.2, 0.25) is 0 Å². The van der Waals surface area contributed by atoms with Crippen molar-refractivity contribution in [3.8, 4) is 0 Å². The SMILES string of the molecule is CC(=O)OCC(Br)[C@@]1(C)CC=C2[C@@H](C1)[C@H](OC(C)=O)C[C@@H]1[C@@]3(C)C[C@H]3[C@H](OC(C)=O)C[C@@]21C. The Bertz CT molecular complexity index is 884. The van der Waals surface area contributed by atoms with Gasteiger partial charge in [0.15, 0.2) is 0 Å². The monoisotopic (exact) mass is 524 g/mol. The lowest BCUT2D eigenvalue weighted by molar-refractivity contribution is -0.164. The predicted octanol–water partition coefficient (Wildman–Crippen LogP) is 4.98. The van der Waals surface area contributed by atoms with Crippen LogP contribution >= 0.6 is 15.9 Å². The van der Waals surface area contributed by atoms with Gasteiger partial charge in [-0.2, -0.15) is 0 Å². The fourth-order valence-electron chi connectivity index (χ4n) is 7.55. The lowest BCUT2D eigenvalue weighted by atomic mass is 9.48. The molecule has 0 N–H and O–H groups in total. The molecule has 0 aliphatic heterocycles. The van der Waals surface area contributed by atoms with Crippen molar-refractivity contribution in [2.45, 2.75) is 90.7 Å². The Kier molecular flexibility index (Phi) is 6.29. The number of hydrogen-bond acceptors (Lipinski definition) is 6. The first-order valence-corrected chi connectivity index (χ1v) is 13.0. The average Bonchev–Trinajstić information content (AvgIpc) is 3.40. The maximum absolute atomic E-state index is 12.1. The summed E-state index contributed by atoms with van der Waals surface area (Å²) in [6.07, 6.45) is 6.55. The molecule has 1 unspecified atom stereocenters. The molecule has 3 fully saturated rings. The van der Waals surface area contributed by atoms with E-state index >= 15 is 0 Å². The first-order valence-electron chi connectivity index (χ1n) is 12.1. The fraction of sp³-hybridized carbons (Fsp3) is 0.808. The molecule has 3 saturated carbocycles. The number of hydrogen-bond donors (Lipinski definition) is 0. The lowest BCUT2D eigenvalue weighted by Gasteiger charge is -2.58. The van der Waals surface area contributed by atoms with Crippen LogP contribution in [0.3, 0.4) is 0 Å². The van der Waals surface area contributed by atoms with Crippen LogP contribution in [0.4, 0.5) is 0 Å². The highest BCUT2D eigenvalue weighted by molar-refractivity contribution is 9.09. The van der Waals surface area contributed by atoms with Gasteiger partial charge in [-0.05, 0) is 54.3 Å². The topological polar surface area (TPSA) is 78.9 Å². The van der Waals surface area contributed by atoms with Gasteiger partial charge in [-0.15, -0.1) is 0 Å². The number of carbonyl (C=O) groups excluding carboxylic acids is 3. The van der Waals surface area contributed by atoms with E-state index in [2.05, 4.69) is 42.8 Å². The normalized spacial score (nSPS) is 44.2. The number of carbonyl (C=O) groups is 3. The van der Waals surface area contributed by atoms with Gasteiger partial charge in [0.2, 0.25) is 0 Å². The van der Waals surface area contributed by atoms with E-state index in [4.69, 9.17) is 14.2 Å². The third kappa shape index (κ3) is 4.28. The van der Waals surface area contributed by atoms with Crippen molar-refractivity contribution in [2.24, 2.45) is 34.0 Å². The Hall–Kier alpha value is -1.37. The minimum atomic E-state index is -0.285. The zero-order valence-electron chi connectivity index (χ0n) is 20.6. The third-order valence-corrected chi connectivity index (χ3v) is 10.6. The van der Waals surface area contributed by atoms with Crippen molar-refractivity contribution in [3.05, 3.63) is 11.6 Å². The van der Waals surface area contributed by atoms with E-state index in [1.807, 2.05) is 0 Å². The Morgan fingerprint density at radius 1 is 1.00 bits per heavy atom. The van der Waals surface area contributed by atoms with Crippen molar-refractivity contribution < 1.29 is 28.6 Å². The number of rotatable bonds is 5. The van der Waals surface area contributed by atoms with Gasteiger partial charge in [0, 0.05) is 32.6 Å². The van der Waals surface area contributed by atoms with Crippen LogP contribution in [0.15, 0.2) is 11.6 Å². The Labute approximate surface area is 205 Å². The number of esters is 3. The minimum Gasteiger partial charge on any atom is -0.465 e. The minimum absolute atomic E-state index is 0.000637. The van der Waals surface area contributed by atoms with Gasteiger partial charge < -0.3 is 14.2 Å². The molecule has 7 heteroatoms. The summed E-state index contributed by atoms with van der Waals surface area (Å²) in [6, 6.07) is 0. The molecule has 0 bridgehead atoms. The second-order valence-corrected chi connectivity index (χ2v) is 12.7. The summed E-state index contributed by atoms with van der Waals surface area (Å²) in [6.45, 7) is 11.6. The van der Waals surface area contributed by atoms with Crippen LogP contribution in [0.1, 0.15) is 73.6 Å². The summed E-state index contributed by atoms with van der Waals surface area (Å²) in [7, 11) is 0. The summed E-state index contributed by atoms with van der Waals surface area (Å²) in [5.74, 6) is 0.142. The molecular formula is C26H37BrO6. The van der Waals surface area contributed by atoms with Crippen molar-refractivity contribution in [3.63, 3.8) is 0 Å². The molecule has 9 atom stereocenters. The fourth-order valence-corrected chi connectivity index (χ4v) is 8.06. The molecule has 33 heavy (non-hydrogen) atoms. The van der Waals surface area contributed by atoms with Crippen LogP contribution in [-0.4, -0.2) is 41.5 Å². The van der Waals surface area contributed by atoms with Crippen LogP contribution in [0.5, 0.6) is 0 Å². The van der Waals surface area contributed by atoms with E-state index in [0.717, 1.165) is 32.1 Å². The molecule has 0 aromatic rings. The Balaban J connectivity index is 1.68. The van der Waals surface area contributed by atoms with Gasteiger partial charge in [-0.25, -0.2) is 0 Å². The van der Waals surface area contributed by atoms with Gasteiger partial charge in [0.25, 0.3) is 0 Å². The molecule has 0 amide bonds. The average molecular weight is 525 g/mol. The number of allylic oxidation sites excluding steroid dienone is 1. The van der Waals surface area contributed by atoms with Crippen LogP contribution in [0, 0.1) is 34.0 Å². The van der Waals surface area contributed by atoms with Crippen molar-refractivity contribution in [1.82, 2.24) is 0 Å². The number of alkyl halides is 1. The van der Waals surface area contributed by atoms with Crippen LogP contribution in [-0.2, 0) is 28.6 Å². The zero-order valence-corrected chi connectivity index (χ0v) is 22.2. The van der Waals surface area contributed by atoms with Gasteiger partial charge in [-0.3, -0.25) is 14.4 Å². The molecule has 0 radical (unpaired) electrons. The molecule has 184 valence electrons. The molecule has 0 saturated heterocycles. The zero-order chi connectivity index (χ0) is 24.3.